The highest BCUT2D eigenvalue weighted by Gasteiger charge is 2.37. The maximum Gasteiger partial charge on any atom is 0.251 e. The summed E-state index contributed by atoms with van der Waals surface area (Å²) < 4.78 is 33.4. The van der Waals surface area contributed by atoms with Crippen molar-refractivity contribution in [2.75, 3.05) is 4.90 Å². The third-order valence-corrected chi connectivity index (χ3v) is 6.43. The third-order valence-electron chi connectivity index (χ3n) is 6.43. The van der Waals surface area contributed by atoms with Crippen LogP contribution in [0, 0.1) is 18.6 Å². The summed E-state index contributed by atoms with van der Waals surface area (Å²) in [6.45, 7) is 1.34. The van der Waals surface area contributed by atoms with Crippen molar-refractivity contribution in [2.45, 2.75) is 51.2 Å². The van der Waals surface area contributed by atoms with Gasteiger partial charge in [0.2, 0.25) is 5.82 Å². The Morgan fingerprint density at radius 2 is 1.84 bits per heavy atom. The molecule has 1 aliphatic carbocycles. The monoisotopic (exact) mass is 520 g/mol. The van der Waals surface area contributed by atoms with Gasteiger partial charge in [-0.05, 0) is 79.6 Å². The lowest BCUT2D eigenvalue weighted by Crippen LogP contribution is -2.47. The van der Waals surface area contributed by atoms with E-state index in [1.54, 1.807) is 25.1 Å². The first kappa shape index (κ1) is 25.2. The van der Waals surface area contributed by atoms with Crippen molar-refractivity contribution in [1.29, 1.82) is 0 Å². The molecular formula is C27H26F2N6O3. The molecule has 2 heterocycles. The van der Waals surface area contributed by atoms with Gasteiger partial charge >= 0.3 is 0 Å². The number of hydrogen-bond donors (Lipinski definition) is 1. The molecule has 1 N–H and O–H groups in total. The minimum absolute atomic E-state index is 0.0132. The lowest BCUT2D eigenvalue weighted by atomic mass is 10.1. The molecule has 196 valence electrons. The average molecular weight is 521 g/mol. The van der Waals surface area contributed by atoms with Crippen LogP contribution in [0.2, 0.25) is 0 Å². The molecule has 38 heavy (non-hydrogen) atoms. The fourth-order valence-electron chi connectivity index (χ4n) is 4.61. The lowest BCUT2D eigenvalue weighted by Gasteiger charge is -2.30. The summed E-state index contributed by atoms with van der Waals surface area (Å²) in [6.07, 6.45) is 3.71. The number of anilines is 1. The van der Waals surface area contributed by atoms with Gasteiger partial charge in [-0.1, -0.05) is 18.9 Å². The number of carbonyl (C=O) groups is 2. The van der Waals surface area contributed by atoms with E-state index in [1.165, 1.54) is 47.4 Å². The minimum Gasteiger partial charge on any atom is -0.464 e. The van der Waals surface area contributed by atoms with Gasteiger partial charge in [0.25, 0.3) is 11.8 Å². The third kappa shape index (κ3) is 5.61. The number of carbonyl (C=O) groups excluding carboxylic acids is 2. The molecule has 1 aliphatic rings. The number of nitrogens with zero attached hydrogens (tertiary/aromatic N) is 5. The van der Waals surface area contributed by atoms with E-state index in [2.05, 4.69) is 20.7 Å². The number of halogens is 2. The Morgan fingerprint density at radius 1 is 1.08 bits per heavy atom. The van der Waals surface area contributed by atoms with Gasteiger partial charge in [0.15, 0.2) is 6.04 Å². The number of benzene rings is 2. The Bertz CT molecular complexity index is 1430. The van der Waals surface area contributed by atoms with E-state index in [-0.39, 0.29) is 23.3 Å². The van der Waals surface area contributed by atoms with Gasteiger partial charge in [0.05, 0.1) is 0 Å². The number of furan rings is 1. The molecule has 0 aliphatic heterocycles. The second kappa shape index (κ2) is 10.9. The van der Waals surface area contributed by atoms with Gasteiger partial charge in [-0.3, -0.25) is 14.5 Å². The molecule has 2 aromatic carbocycles. The van der Waals surface area contributed by atoms with Gasteiger partial charge in [-0.2, -0.15) is 4.80 Å². The lowest BCUT2D eigenvalue weighted by molar-refractivity contribution is -0.128. The highest BCUT2D eigenvalue weighted by molar-refractivity contribution is 6.01. The quantitative estimate of drug-likeness (QED) is 0.370. The minimum atomic E-state index is -1.20. The van der Waals surface area contributed by atoms with Gasteiger partial charge in [0, 0.05) is 17.3 Å². The number of hydrogen-bond acceptors (Lipinski definition) is 6. The largest absolute Gasteiger partial charge is 0.464 e. The van der Waals surface area contributed by atoms with E-state index in [4.69, 9.17) is 4.42 Å². The van der Waals surface area contributed by atoms with Crippen molar-refractivity contribution < 1.29 is 22.8 Å². The zero-order valence-electron chi connectivity index (χ0n) is 20.7. The molecule has 0 saturated heterocycles. The number of tetrazole rings is 1. The molecule has 0 spiro atoms. The fraction of sp³-hybridized carbons (Fsp3) is 0.296. The van der Waals surface area contributed by atoms with Crippen LogP contribution in [0.3, 0.4) is 0 Å². The Labute approximate surface area is 217 Å². The Kier molecular flexibility index (Phi) is 7.25. The van der Waals surface area contributed by atoms with E-state index in [0.29, 0.717) is 11.3 Å². The number of nitrogens with one attached hydrogen (secondary N) is 1. The highest BCUT2D eigenvalue weighted by atomic mass is 19.1. The Balaban J connectivity index is 1.49. The molecule has 1 atom stereocenters. The molecule has 4 aromatic rings. The number of amides is 2. The van der Waals surface area contributed by atoms with Crippen molar-refractivity contribution in [3.63, 3.8) is 0 Å². The van der Waals surface area contributed by atoms with E-state index >= 15 is 0 Å². The van der Waals surface area contributed by atoms with Crippen molar-refractivity contribution in [3.8, 4) is 11.4 Å². The van der Waals surface area contributed by atoms with Crippen LogP contribution >= 0.6 is 0 Å². The second-order valence-electron chi connectivity index (χ2n) is 9.23. The van der Waals surface area contributed by atoms with Crippen molar-refractivity contribution >= 4 is 17.5 Å². The molecule has 1 saturated carbocycles. The molecule has 1 fully saturated rings. The molecule has 0 bridgehead atoms. The van der Waals surface area contributed by atoms with E-state index in [0.717, 1.165) is 30.5 Å². The fourth-order valence-corrected chi connectivity index (χ4v) is 4.61. The summed E-state index contributed by atoms with van der Waals surface area (Å²) in [6, 6.07) is 13.1. The van der Waals surface area contributed by atoms with Crippen molar-refractivity contribution in [2.24, 2.45) is 0 Å². The zero-order valence-corrected chi connectivity index (χ0v) is 20.7. The molecule has 5 rings (SSSR count). The number of aryl methyl sites for hydroxylation is 1. The highest BCUT2D eigenvalue weighted by Crippen LogP contribution is 2.31. The van der Waals surface area contributed by atoms with Gasteiger partial charge in [-0.15, -0.1) is 10.2 Å². The average Bonchev–Trinajstić information content (AvgIpc) is 3.66. The van der Waals surface area contributed by atoms with Crippen LogP contribution in [0.15, 0.2) is 65.1 Å². The van der Waals surface area contributed by atoms with Crippen LogP contribution < -0.4 is 10.2 Å². The van der Waals surface area contributed by atoms with Gasteiger partial charge < -0.3 is 9.73 Å². The first-order valence-corrected chi connectivity index (χ1v) is 12.4. The topological polar surface area (TPSA) is 106 Å². The molecular weight excluding hydrogens is 494 g/mol. The van der Waals surface area contributed by atoms with Crippen LogP contribution in [0.5, 0.6) is 0 Å². The van der Waals surface area contributed by atoms with Crippen molar-refractivity contribution in [1.82, 2.24) is 25.5 Å². The first-order valence-electron chi connectivity index (χ1n) is 12.4. The molecule has 0 radical (unpaired) electrons. The van der Waals surface area contributed by atoms with Crippen LogP contribution in [-0.2, 0) is 16.1 Å². The summed E-state index contributed by atoms with van der Waals surface area (Å²) >= 11 is 0. The summed E-state index contributed by atoms with van der Waals surface area (Å²) in [4.78, 5) is 29.7. The van der Waals surface area contributed by atoms with E-state index in [9.17, 15) is 18.4 Å². The maximum absolute atomic E-state index is 14.3. The molecule has 2 aromatic heterocycles. The predicted molar refractivity (Wildman–Crippen MR) is 134 cm³/mol. The molecule has 0 unspecified atom stereocenters. The van der Waals surface area contributed by atoms with Gasteiger partial charge in [-0.25, -0.2) is 8.78 Å². The SMILES string of the molecule is Cc1ccc([C@H](C(=O)NC2CCCC2)N(C(=O)Cn2nnc(-c3ccc(F)cc3)n2)c2cccc(F)c2)o1. The van der Waals surface area contributed by atoms with Gasteiger partial charge in [0.1, 0.15) is 29.7 Å². The van der Waals surface area contributed by atoms with Crippen LogP contribution in [0.1, 0.15) is 43.2 Å². The first-order chi connectivity index (χ1) is 18.4. The second-order valence-corrected chi connectivity index (χ2v) is 9.23. The number of rotatable bonds is 8. The number of aromatic nitrogens is 4. The van der Waals surface area contributed by atoms with E-state index < -0.39 is 36.0 Å². The summed E-state index contributed by atoms with van der Waals surface area (Å²) in [7, 11) is 0. The van der Waals surface area contributed by atoms with Crippen LogP contribution in [-0.4, -0.2) is 38.1 Å². The molecule has 11 heteroatoms. The van der Waals surface area contributed by atoms with Crippen LogP contribution in [0.4, 0.5) is 14.5 Å². The predicted octanol–water partition coefficient (Wildman–Crippen LogP) is 4.35. The molecule has 2 amide bonds. The smallest absolute Gasteiger partial charge is 0.251 e. The normalized spacial score (nSPS) is 14.4. The summed E-state index contributed by atoms with van der Waals surface area (Å²) in [5.41, 5.74) is 0.696. The Hall–Kier alpha value is -4.41. The maximum atomic E-state index is 14.3. The molecule has 9 nitrogen and oxygen atoms in total. The summed E-state index contributed by atoms with van der Waals surface area (Å²) in [5.74, 6) is -0.976. The standard InChI is InChI=1S/C27H26F2N6O3/c1-17-9-14-23(38-17)25(27(37)30-21-6-2-3-7-21)35(22-8-4-5-20(29)15-22)24(36)16-34-32-26(31-33-34)18-10-12-19(28)13-11-18/h4-5,8-15,21,25H,2-3,6-7,16H2,1H3,(H,30,37)/t25-/m1/s1. The summed E-state index contributed by atoms with van der Waals surface area (Å²) in [5, 5.41) is 15.2. The Morgan fingerprint density at radius 3 is 2.53 bits per heavy atom. The van der Waals surface area contributed by atoms with Crippen LogP contribution in [0.25, 0.3) is 11.4 Å². The van der Waals surface area contributed by atoms with Crippen molar-refractivity contribution in [3.05, 3.63) is 83.8 Å². The zero-order chi connectivity index (χ0) is 26.6. The van der Waals surface area contributed by atoms with E-state index in [1.807, 2.05) is 0 Å².